The van der Waals surface area contributed by atoms with Crippen LogP contribution in [-0.2, 0) is 14.3 Å². The summed E-state index contributed by atoms with van der Waals surface area (Å²) >= 11 is 0. The molecule has 0 amide bonds. The molecule has 0 spiro atoms. The van der Waals surface area contributed by atoms with Gasteiger partial charge in [0.05, 0.1) is 19.1 Å². The summed E-state index contributed by atoms with van der Waals surface area (Å²) in [6.07, 6.45) is -5.64. The third-order valence-electron chi connectivity index (χ3n) is 2.70. The van der Waals surface area contributed by atoms with E-state index in [9.17, 15) is 19.8 Å². The molecule has 0 radical (unpaired) electrons. The summed E-state index contributed by atoms with van der Waals surface area (Å²) in [4.78, 5) is 21.7. The predicted octanol–water partition coefficient (Wildman–Crippen LogP) is -2.21. The van der Waals surface area contributed by atoms with E-state index in [1.54, 1.807) is 0 Å². The molecule has 8 heteroatoms. The summed E-state index contributed by atoms with van der Waals surface area (Å²) in [7, 11) is 0. The first-order valence-corrected chi connectivity index (χ1v) is 4.92. The van der Waals surface area contributed by atoms with Crippen LogP contribution in [0.3, 0.4) is 0 Å². The Morgan fingerprint density at radius 2 is 1.88 bits per heavy atom. The first kappa shape index (κ1) is 13.8. The van der Waals surface area contributed by atoms with Crippen molar-refractivity contribution in [3.8, 4) is 0 Å². The molecule has 1 rings (SSSR count). The van der Waals surface area contributed by atoms with E-state index >= 15 is 0 Å². The van der Waals surface area contributed by atoms with Crippen LogP contribution in [0.25, 0.3) is 0 Å². The zero-order valence-corrected chi connectivity index (χ0v) is 8.81. The van der Waals surface area contributed by atoms with Gasteiger partial charge in [-0.05, 0) is 0 Å². The molecule has 1 fully saturated rings. The van der Waals surface area contributed by atoms with E-state index in [0.29, 0.717) is 0 Å². The minimum atomic E-state index is -2.13. The summed E-state index contributed by atoms with van der Waals surface area (Å²) in [5.41, 5.74) is -2.13. The normalized spacial score (nSPS) is 37.7. The van der Waals surface area contributed by atoms with E-state index in [1.165, 1.54) is 0 Å². The quantitative estimate of drug-likeness (QED) is 0.377. The van der Waals surface area contributed by atoms with Crippen molar-refractivity contribution in [2.24, 2.45) is 0 Å². The van der Waals surface area contributed by atoms with Gasteiger partial charge >= 0.3 is 11.9 Å². The molecule has 0 aromatic carbocycles. The lowest BCUT2D eigenvalue weighted by molar-refractivity contribution is -0.234. The molecule has 0 saturated carbocycles. The molecule has 1 aliphatic heterocycles. The van der Waals surface area contributed by atoms with Crippen LogP contribution < -0.4 is 0 Å². The highest BCUT2D eigenvalue weighted by molar-refractivity contribution is 5.84. The van der Waals surface area contributed by atoms with Gasteiger partial charge < -0.3 is 30.3 Å². The first-order chi connectivity index (χ1) is 7.82. The monoisotopic (exact) mass is 250 g/mol. The summed E-state index contributed by atoms with van der Waals surface area (Å²) in [6.45, 7) is -0.715. The van der Waals surface area contributed by atoms with E-state index in [4.69, 9.17) is 20.1 Å². The molecule has 0 aromatic heterocycles. The van der Waals surface area contributed by atoms with Gasteiger partial charge in [-0.2, -0.15) is 0 Å². The van der Waals surface area contributed by atoms with Crippen LogP contribution in [0.4, 0.5) is 0 Å². The molecule has 98 valence electrons. The topological polar surface area (TPSA) is 145 Å². The highest BCUT2D eigenvalue weighted by atomic mass is 16.6. The van der Waals surface area contributed by atoms with Crippen molar-refractivity contribution >= 4 is 11.9 Å². The molecule has 5 N–H and O–H groups in total. The second-order valence-electron chi connectivity index (χ2n) is 3.97. The van der Waals surface area contributed by atoms with Crippen LogP contribution in [-0.4, -0.2) is 68.0 Å². The van der Waals surface area contributed by atoms with E-state index in [2.05, 4.69) is 0 Å². The molecule has 17 heavy (non-hydrogen) atoms. The van der Waals surface area contributed by atoms with Gasteiger partial charge in [-0.25, -0.2) is 4.79 Å². The van der Waals surface area contributed by atoms with Crippen LogP contribution in [0.2, 0.25) is 0 Å². The third-order valence-corrected chi connectivity index (χ3v) is 2.70. The number of ether oxygens (including phenoxy) is 1. The van der Waals surface area contributed by atoms with Gasteiger partial charge in [0, 0.05) is 6.42 Å². The average molecular weight is 250 g/mol. The van der Waals surface area contributed by atoms with Crippen LogP contribution in [0.1, 0.15) is 12.8 Å². The summed E-state index contributed by atoms with van der Waals surface area (Å²) in [6, 6.07) is 0. The Labute approximate surface area is 96.1 Å². The standard InChI is InChI=1S/C9H14O8/c10-3-5-7(14)4(11)1-9(17-5,8(15)16)2-6(12)13/h4-5,7,10-11,14H,1-3H2,(H,12,13)(H,15,16)/t4-,5-,7+,9-/m1/s1. The van der Waals surface area contributed by atoms with Crippen molar-refractivity contribution in [3.05, 3.63) is 0 Å². The molecule has 0 unspecified atom stereocenters. The van der Waals surface area contributed by atoms with Gasteiger partial charge in [0.15, 0.2) is 5.60 Å². The SMILES string of the molecule is O=C(O)C[C@@]1(C(=O)O)C[C@@H](O)[C@H](O)[C@@H](CO)O1. The van der Waals surface area contributed by atoms with Crippen LogP contribution >= 0.6 is 0 Å². The fourth-order valence-corrected chi connectivity index (χ4v) is 1.83. The Balaban J connectivity index is 2.98. The number of hydrogen-bond donors (Lipinski definition) is 5. The minimum Gasteiger partial charge on any atom is -0.481 e. The number of carboxylic acid groups (broad SMARTS) is 2. The maximum Gasteiger partial charge on any atom is 0.336 e. The number of carbonyl (C=O) groups is 2. The zero-order chi connectivity index (χ0) is 13.2. The Bertz CT molecular complexity index is 316. The number of aliphatic hydroxyl groups excluding tert-OH is 3. The van der Waals surface area contributed by atoms with Gasteiger partial charge in [-0.1, -0.05) is 0 Å². The molecule has 1 aliphatic rings. The molecule has 4 atom stereocenters. The summed E-state index contributed by atoms with van der Waals surface area (Å²) < 4.78 is 4.94. The fraction of sp³-hybridized carbons (Fsp3) is 0.778. The van der Waals surface area contributed by atoms with Crippen molar-refractivity contribution in [2.45, 2.75) is 36.8 Å². The van der Waals surface area contributed by atoms with Crippen LogP contribution in [0.15, 0.2) is 0 Å². The maximum atomic E-state index is 11.1. The van der Waals surface area contributed by atoms with E-state index in [1.807, 2.05) is 0 Å². The lowest BCUT2D eigenvalue weighted by atomic mass is 9.85. The fourth-order valence-electron chi connectivity index (χ4n) is 1.83. The number of aliphatic carboxylic acids is 2. The second kappa shape index (κ2) is 4.96. The van der Waals surface area contributed by atoms with Gasteiger partial charge in [-0.3, -0.25) is 4.79 Å². The molecule has 1 saturated heterocycles. The van der Waals surface area contributed by atoms with Crippen molar-refractivity contribution in [1.82, 2.24) is 0 Å². The van der Waals surface area contributed by atoms with E-state index in [-0.39, 0.29) is 0 Å². The zero-order valence-electron chi connectivity index (χ0n) is 8.81. The number of carboxylic acids is 2. The summed E-state index contributed by atoms with van der Waals surface area (Å²) in [5, 5.41) is 45.4. The smallest absolute Gasteiger partial charge is 0.336 e. The molecule has 1 heterocycles. The Hall–Kier alpha value is -1.22. The van der Waals surface area contributed by atoms with E-state index < -0.39 is 55.3 Å². The summed E-state index contributed by atoms with van der Waals surface area (Å²) in [5.74, 6) is -2.96. The molecule has 0 aliphatic carbocycles. The van der Waals surface area contributed by atoms with Crippen LogP contribution in [0, 0.1) is 0 Å². The van der Waals surface area contributed by atoms with E-state index in [0.717, 1.165) is 0 Å². The Morgan fingerprint density at radius 3 is 2.29 bits per heavy atom. The molecular formula is C9H14O8. The second-order valence-corrected chi connectivity index (χ2v) is 3.97. The largest absolute Gasteiger partial charge is 0.481 e. The molecule has 0 bridgehead atoms. The number of rotatable bonds is 4. The van der Waals surface area contributed by atoms with Gasteiger partial charge in [0.25, 0.3) is 0 Å². The van der Waals surface area contributed by atoms with Crippen molar-refractivity contribution in [3.63, 3.8) is 0 Å². The molecule has 8 nitrogen and oxygen atoms in total. The first-order valence-electron chi connectivity index (χ1n) is 4.92. The van der Waals surface area contributed by atoms with Gasteiger partial charge in [-0.15, -0.1) is 0 Å². The molecular weight excluding hydrogens is 236 g/mol. The van der Waals surface area contributed by atoms with Gasteiger partial charge in [0.1, 0.15) is 12.2 Å². The lowest BCUT2D eigenvalue weighted by Gasteiger charge is -2.41. The average Bonchev–Trinajstić information content (AvgIpc) is 2.22. The van der Waals surface area contributed by atoms with Crippen LogP contribution in [0.5, 0.6) is 0 Å². The highest BCUT2D eigenvalue weighted by Crippen LogP contribution is 2.32. The lowest BCUT2D eigenvalue weighted by Crippen LogP contribution is -2.59. The number of aliphatic hydroxyl groups is 3. The van der Waals surface area contributed by atoms with Crippen molar-refractivity contribution < 1.29 is 39.9 Å². The Morgan fingerprint density at radius 1 is 1.29 bits per heavy atom. The highest BCUT2D eigenvalue weighted by Gasteiger charge is 2.52. The predicted molar refractivity (Wildman–Crippen MR) is 51.2 cm³/mol. The van der Waals surface area contributed by atoms with Crippen molar-refractivity contribution in [1.29, 1.82) is 0 Å². The maximum absolute atomic E-state index is 11.1. The van der Waals surface area contributed by atoms with Gasteiger partial charge in [0.2, 0.25) is 0 Å². The minimum absolute atomic E-state index is 0.549. The molecule has 0 aromatic rings. The Kier molecular flexibility index (Phi) is 4.04. The van der Waals surface area contributed by atoms with Crippen molar-refractivity contribution in [2.75, 3.05) is 6.61 Å². The number of hydrogen-bond acceptors (Lipinski definition) is 6. The third kappa shape index (κ3) is 2.72.